The molecule has 0 amide bonds. The molecule has 0 saturated carbocycles. The maximum absolute atomic E-state index is 11.2. The molecule has 0 atom stereocenters. The van der Waals surface area contributed by atoms with Crippen molar-refractivity contribution in [2.45, 2.75) is 11.8 Å². The van der Waals surface area contributed by atoms with Crippen molar-refractivity contribution in [1.29, 1.82) is 0 Å². The summed E-state index contributed by atoms with van der Waals surface area (Å²) >= 11 is 0. The largest absolute Gasteiger partial charge is 0.506 e. The quantitative estimate of drug-likeness (QED) is 0.698. The van der Waals surface area contributed by atoms with E-state index in [0.717, 1.165) is 28.6 Å². The topological polar surface area (TPSA) is 105 Å². The molecule has 0 aliphatic rings. The fourth-order valence-electron chi connectivity index (χ4n) is 1.96. The molecule has 0 aliphatic carbocycles. The molecule has 0 fully saturated rings. The summed E-state index contributed by atoms with van der Waals surface area (Å²) in [5, 5.41) is 18.2. The summed E-state index contributed by atoms with van der Waals surface area (Å²) in [6.07, 6.45) is 0. The lowest BCUT2D eigenvalue weighted by Crippen LogP contribution is -2.03. The van der Waals surface area contributed by atoms with Gasteiger partial charge in [0.05, 0.1) is 4.90 Å². The van der Waals surface area contributed by atoms with Crippen LogP contribution in [0.2, 0.25) is 0 Å². The second-order valence-electron chi connectivity index (χ2n) is 4.61. The van der Waals surface area contributed by atoms with Crippen molar-refractivity contribution in [2.24, 2.45) is 0 Å². The number of hydrogen-bond donors (Lipinski definition) is 2. The van der Waals surface area contributed by atoms with Gasteiger partial charge in [0.1, 0.15) is 22.5 Å². The average Bonchev–Trinajstić information content (AvgIpc) is 2.80. The minimum Gasteiger partial charge on any atom is -0.506 e. The molecule has 1 heterocycles. The SMILES string of the molecule is Cc1ccc2nn(-c3cc(S(=O)(=O)O)ccc3O)nc2c1. The zero-order chi connectivity index (χ0) is 15.2. The molecule has 21 heavy (non-hydrogen) atoms. The molecule has 3 aromatic rings. The molecule has 0 spiro atoms. The third-order valence-corrected chi connectivity index (χ3v) is 3.85. The van der Waals surface area contributed by atoms with E-state index >= 15 is 0 Å². The van der Waals surface area contributed by atoms with Crippen LogP contribution < -0.4 is 0 Å². The highest BCUT2D eigenvalue weighted by molar-refractivity contribution is 7.85. The molecule has 1 aromatic heterocycles. The van der Waals surface area contributed by atoms with E-state index in [9.17, 15) is 13.5 Å². The summed E-state index contributed by atoms with van der Waals surface area (Å²) in [5.41, 5.74) is 2.30. The number of fused-ring (bicyclic) bond motifs is 1. The number of benzene rings is 2. The van der Waals surface area contributed by atoms with E-state index in [0.29, 0.717) is 11.0 Å². The normalized spacial score (nSPS) is 11.9. The van der Waals surface area contributed by atoms with Gasteiger partial charge in [-0.3, -0.25) is 4.55 Å². The number of nitrogens with zero attached hydrogens (tertiary/aromatic N) is 3. The Morgan fingerprint density at radius 1 is 1.05 bits per heavy atom. The lowest BCUT2D eigenvalue weighted by Gasteiger charge is -2.04. The van der Waals surface area contributed by atoms with Crippen LogP contribution in [0, 0.1) is 6.92 Å². The second kappa shape index (κ2) is 4.54. The monoisotopic (exact) mass is 305 g/mol. The highest BCUT2D eigenvalue weighted by Crippen LogP contribution is 2.25. The van der Waals surface area contributed by atoms with Gasteiger partial charge in [-0.15, -0.1) is 15.0 Å². The molecule has 7 nitrogen and oxygen atoms in total. The molecule has 0 aliphatic heterocycles. The third kappa shape index (κ3) is 2.46. The van der Waals surface area contributed by atoms with Crippen LogP contribution in [-0.4, -0.2) is 33.1 Å². The summed E-state index contributed by atoms with van der Waals surface area (Å²) < 4.78 is 31.4. The Kier molecular flexibility index (Phi) is 2.92. The van der Waals surface area contributed by atoms with Crippen molar-refractivity contribution in [2.75, 3.05) is 0 Å². The van der Waals surface area contributed by atoms with Crippen LogP contribution in [0.4, 0.5) is 0 Å². The maximum Gasteiger partial charge on any atom is 0.294 e. The summed E-state index contributed by atoms with van der Waals surface area (Å²) in [6.45, 7) is 1.91. The van der Waals surface area contributed by atoms with Crippen LogP contribution in [0.25, 0.3) is 16.7 Å². The fourth-order valence-corrected chi connectivity index (χ4v) is 2.46. The number of phenolic OH excluding ortho intramolecular Hbond substituents is 1. The first-order chi connectivity index (χ1) is 9.84. The van der Waals surface area contributed by atoms with Crippen LogP contribution in [0.5, 0.6) is 5.75 Å². The van der Waals surface area contributed by atoms with Crippen LogP contribution >= 0.6 is 0 Å². The van der Waals surface area contributed by atoms with Gasteiger partial charge < -0.3 is 5.11 Å². The summed E-state index contributed by atoms with van der Waals surface area (Å²) in [7, 11) is -4.37. The smallest absolute Gasteiger partial charge is 0.294 e. The van der Waals surface area contributed by atoms with Gasteiger partial charge in [0.2, 0.25) is 0 Å². The lowest BCUT2D eigenvalue weighted by atomic mass is 10.2. The number of aromatic nitrogens is 3. The highest BCUT2D eigenvalue weighted by atomic mass is 32.2. The van der Waals surface area contributed by atoms with Crippen LogP contribution in [0.3, 0.4) is 0 Å². The predicted molar refractivity (Wildman–Crippen MR) is 75.1 cm³/mol. The Bertz CT molecular complexity index is 947. The zero-order valence-corrected chi connectivity index (χ0v) is 11.7. The van der Waals surface area contributed by atoms with Crippen LogP contribution in [0.1, 0.15) is 5.56 Å². The van der Waals surface area contributed by atoms with Crippen molar-refractivity contribution < 1.29 is 18.1 Å². The van der Waals surface area contributed by atoms with Crippen molar-refractivity contribution in [3.05, 3.63) is 42.0 Å². The molecule has 0 radical (unpaired) electrons. The van der Waals surface area contributed by atoms with E-state index in [4.69, 9.17) is 4.55 Å². The summed E-state index contributed by atoms with van der Waals surface area (Å²) in [6, 6.07) is 8.84. The zero-order valence-electron chi connectivity index (χ0n) is 10.9. The molecule has 8 heteroatoms. The summed E-state index contributed by atoms with van der Waals surface area (Å²) in [5.74, 6) is -0.195. The van der Waals surface area contributed by atoms with Gasteiger partial charge in [0.15, 0.2) is 0 Å². The first-order valence-electron chi connectivity index (χ1n) is 5.99. The minimum atomic E-state index is -4.37. The Balaban J connectivity index is 2.22. The van der Waals surface area contributed by atoms with Gasteiger partial charge in [-0.2, -0.15) is 8.42 Å². The highest BCUT2D eigenvalue weighted by Gasteiger charge is 2.15. The molecule has 0 unspecified atom stereocenters. The molecule has 108 valence electrons. The van der Waals surface area contributed by atoms with Crippen molar-refractivity contribution >= 4 is 21.2 Å². The third-order valence-electron chi connectivity index (χ3n) is 3.00. The van der Waals surface area contributed by atoms with Crippen molar-refractivity contribution in [1.82, 2.24) is 15.0 Å². The maximum atomic E-state index is 11.2. The molecule has 0 saturated heterocycles. The van der Waals surface area contributed by atoms with E-state index in [1.165, 1.54) is 0 Å². The van der Waals surface area contributed by atoms with Gasteiger partial charge in [-0.05, 0) is 42.8 Å². The van der Waals surface area contributed by atoms with Crippen molar-refractivity contribution in [3.8, 4) is 11.4 Å². The van der Waals surface area contributed by atoms with Gasteiger partial charge >= 0.3 is 0 Å². The first-order valence-corrected chi connectivity index (χ1v) is 7.43. The molecular formula is C13H11N3O4S. The Labute approximate surface area is 120 Å². The van der Waals surface area contributed by atoms with Gasteiger partial charge in [-0.1, -0.05) is 6.07 Å². The first kappa shape index (κ1) is 13.5. The van der Waals surface area contributed by atoms with E-state index in [-0.39, 0.29) is 16.3 Å². The molecule has 0 bridgehead atoms. The fraction of sp³-hybridized carbons (Fsp3) is 0.0769. The number of hydrogen-bond acceptors (Lipinski definition) is 5. The number of aromatic hydroxyl groups is 1. The Hall–Kier alpha value is -2.45. The van der Waals surface area contributed by atoms with Crippen LogP contribution in [0.15, 0.2) is 41.3 Å². The second-order valence-corrected chi connectivity index (χ2v) is 6.03. The van der Waals surface area contributed by atoms with E-state index in [1.807, 2.05) is 19.1 Å². The molecule has 3 rings (SSSR count). The molecular weight excluding hydrogens is 294 g/mol. The number of rotatable bonds is 2. The lowest BCUT2D eigenvalue weighted by molar-refractivity contribution is 0.465. The van der Waals surface area contributed by atoms with Gasteiger partial charge in [-0.25, -0.2) is 0 Å². The standard InChI is InChI=1S/C13H11N3O4S/c1-8-2-4-10-11(6-8)15-16(14-10)12-7-9(21(18,19)20)3-5-13(12)17/h2-7,17H,1H3,(H,18,19,20). The molecule has 2 N–H and O–H groups in total. The predicted octanol–water partition coefficient (Wildman–Crippen LogP) is 1.68. The van der Waals surface area contributed by atoms with Crippen molar-refractivity contribution in [3.63, 3.8) is 0 Å². The van der Waals surface area contributed by atoms with Crippen LogP contribution in [-0.2, 0) is 10.1 Å². The summed E-state index contributed by atoms with van der Waals surface area (Å²) in [4.78, 5) is 0.793. The van der Waals surface area contributed by atoms with E-state index in [1.54, 1.807) is 6.07 Å². The minimum absolute atomic E-state index is 0.0685. The Morgan fingerprint density at radius 3 is 2.48 bits per heavy atom. The van der Waals surface area contributed by atoms with E-state index in [2.05, 4.69) is 10.2 Å². The number of aryl methyl sites for hydroxylation is 1. The number of phenols is 1. The Morgan fingerprint density at radius 2 is 1.76 bits per heavy atom. The molecule has 2 aromatic carbocycles. The van der Waals surface area contributed by atoms with E-state index < -0.39 is 10.1 Å². The van der Waals surface area contributed by atoms with Gasteiger partial charge in [0, 0.05) is 0 Å². The van der Waals surface area contributed by atoms with Gasteiger partial charge in [0.25, 0.3) is 10.1 Å². The average molecular weight is 305 g/mol.